The summed E-state index contributed by atoms with van der Waals surface area (Å²) >= 11 is 0. The van der Waals surface area contributed by atoms with Crippen molar-refractivity contribution in [1.29, 1.82) is 0 Å². The van der Waals surface area contributed by atoms with Crippen LogP contribution < -0.4 is 0 Å². The lowest BCUT2D eigenvalue weighted by Crippen LogP contribution is -2.45. The quantitative estimate of drug-likeness (QED) is 0.490. The second-order valence-electron chi connectivity index (χ2n) is 8.39. The van der Waals surface area contributed by atoms with Crippen molar-refractivity contribution in [2.45, 2.75) is 26.4 Å². The number of morpholine rings is 1. The number of ether oxygens (including phenoxy) is 1. The molecule has 4 heterocycles. The third kappa shape index (κ3) is 3.90. The van der Waals surface area contributed by atoms with Gasteiger partial charge in [-0.05, 0) is 43.7 Å². The zero-order valence-electron chi connectivity index (χ0n) is 18.7. The predicted octanol–water partition coefficient (Wildman–Crippen LogP) is 4.00. The summed E-state index contributed by atoms with van der Waals surface area (Å²) in [6, 6.07) is 6.23. The Hall–Kier alpha value is -3.79. The molecule has 0 radical (unpaired) electrons. The minimum atomic E-state index is -1.02. The topological polar surface area (TPSA) is 84.9 Å². The van der Waals surface area contributed by atoms with Crippen LogP contribution in [0.25, 0.3) is 22.6 Å². The Morgan fingerprint density at radius 2 is 1.97 bits per heavy atom. The molecule has 1 aliphatic heterocycles. The van der Waals surface area contributed by atoms with E-state index >= 15 is 8.78 Å². The number of carbonyl (C=O) groups is 1. The van der Waals surface area contributed by atoms with Crippen LogP contribution >= 0.6 is 0 Å². The van der Waals surface area contributed by atoms with Crippen molar-refractivity contribution in [3.8, 4) is 16.9 Å². The summed E-state index contributed by atoms with van der Waals surface area (Å²) in [5.41, 5.74) is 2.31. The van der Waals surface area contributed by atoms with Crippen LogP contribution in [0.2, 0.25) is 0 Å². The lowest BCUT2D eigenvalue weighted by Gasteiger charge is -2.31. The van der Waals surface area contributed by atoms with Crippen LogP contribution in [0.5, 0.6) is 0 Å². The van der Waals surface area contributed by atoms with Crippen molar-refractivity contribution in [2.75, 3.05) is 19.7 Å². The van der Waals surface area contributed by atoms with Crippen LogP contribution in [0.15, 0.2) is 42.9 Å². The molecule has 1 amide bonds. The van der Waals surface area contributed by atoms with E-state index in [9.17, 15) is 9.90 Å². The van der Waals surface area contributed by atoms with Crippen molar-refractivity contribution in [3.63, 3.8) is 0 Å². The molecular formula is C24H23F2N5O3. The Bertz CT molecular complexity index is 1370. The molecule has 1 aromatic carbocycles. The van der Waals surface area contributed by atoms with E-state index in [0.29, 0.717) is 22.9 Å². The maximum Gasteiger partial charge on any atom is 0.407 e. The minimum absolute atomic E-state index is 0.164. The van der Waals surface area contributed by atoms with Crippen molar-refractivity contribution in [2.24, 2.45) is 0 Å². The van der Waals surface area contributed by atoms with Crippen LogP contribution in [0.4, 0.5) is 13.6 Å². The van der Waals surface area contributed by atoms with Gasteiger partial charge in [-0.1, -0.05) is 0 Å². The molecule has 34 heavy (non-hydrogen) atoms. The van der Waals surface area contributed by atoms with Crippen molar-refractivity contribution >= 4 is 11.7 Å². The van der Waals surface area contributed by atoms with Crippen LogP contribution in [0.1, 0.15) is 17.1 Å². The van der Waals surface area contributed by atoms with Crippen LogP contribution in [0, 0.1) is 25.5 Å². The van der Waals surface area contributed by atoms with Gasteiger partial charge >= 0.3 is 6.09 Å². The second kappa shape index (κ2) is 8.53. The van der Waals surface area contributed by atoms with Gasteiger partial charge in [0.1, 0.15) is 23.1 Å². The highest BCUT2D eigenvalue weighted by Gasteiger charge is 2.28. The van der Waals surface area contributed by atoms with Gasteiger partial charge in [-0.3, -0.25) is 0 Å². The first-order valence-corrected chi connectivity index (χ1v) is 10.9. The van der Waals surface area contributed by atoms with Gasteiger partial charge in [0.05, 0.1) is 41.9 Å². The molecule has 8 nitrogen and oxygen atoms in total. The number of carboxylic acid groups (broad SMARTS) is 1. The number of nitrogens with zero attached hydrogens (tertiary/aromatic N) is 5. The average Bonchev–Trinajstić information content (AvgIpc) is 3.37. The summed E-state index contributed by atoms with van der Waals surface area (Å²) < 4.78 is 40.0. The molecule has 0 unspecified atom stereocenters. The molecule has 5 rings (SSSR count). The predicted molar refractivity (Wildman–Crippen MR) is 120 cm³/mol. The summed E-state index contributed by atoms with van der Waals surface area (Å²) in [6.45, 7) is 4.36. The number of aryl methyl sites for hydroxylation is 2. The fraction of sp³-hybridized carbons (Fsp3) is 0.292. The average molecular weight is 467 g/mol. The van der Waals surface area contributed by atoms with Gasteiger partial charge in [0.2, 0.25) is 0 Å². The summed E-state index contributed by atoms with van der Waals surface area (Å²) in [5, 5.41) is 9.36. The molecule has 1 atom stereocenters. The van der Waals surface area contributed by atoms with E-state index in [1.165, 1.54) is 17.0 Å². The second-order valence-corrected chi connectivity index (χ2v) is 8.39. The lowest BCUT2D eigenvalue weighted by atomic mass is 10.0. The van der Waals surface area contributed by atoms with Gasteiger partial charge in [-0.15, -0.1) is 0 Å². The highest BCUT2D eigenvalue weighted by Crippen LogP contribution is 2.33. The molecule has 1 saturated heterocycles. The molecule has 0 spiro atoms. The van der Waals surface area contributed by atoms with Crippen molar-refractivity contribution in [1.82, 2.24) is 23.8 Å². The first-order valence-electron chi connectivity index (χ1n) is 10.9. The summed E-state index contributed by atoms with van der Waals surface area (Å²) in [5.74, 6) is -0.893. The van der Waals surface area contributed by atoms with Crippen LogP contribution in [-0.4, -0.2) is 60.8 Å². The number of aromatic nitrogens is 4. The number of pyridine rings is 1. The maximum atomic E-state index is 15.4. The first kappa shape index (κ1) is 22.0. The largest absolute Gasteiger partial charge is 0.465 e. The Morgan fingerprint density at radius 1 is 1.21 bits per heavy atom. The molecule has 1 aliphatic rings. The smallest absolute Gasteiger partial charge is 0.407 e. The minimum Gasteiger partial charge on any atom is -0.465 e. The standard InChI is InChI=1S/C24H23F2N5O3/c1-14-3-5-31-20(12-17-13-29(24(32)33)7-8-34-17)23(28-21(31)9-14)22-18(25)10-16(11-19(22)26)30-6-4-27-15(30)2/h3-6,9-11,17H,7-8,12-13H2,1-2H3,(H,32,33)/t17-/m0/s1. The number of amides is 1. The summed E-state index contributed by atoms with van der Waals surface area (Å²) in [7, 11) is 0. The zero-order valence-corrected chi connectivity index (χ0v) is 18.7. The maximum absolute atomic E-state index is 15.4. The monoisotopic (exact) mass is 467 g/mol. The number of halogens is 2. The molecule has 1 N–H and O–H groups in total. The molecular weight excluding hydrogens is 444 g/mol. The van der Waals surface area contributed by atoms with E-state index in [4.69, 9.17) is 4.74 Å². The van der Waals surface area contributed by atoms with Crippen LogP contribution in [0.3, 0.4) is 0 Å². The third-order valence-electron chi connectivity index (χ3n) is 6.08. The van der Waals surface area contributed by atoms with Gasteiger partial charge in [-0.2, -0.15) is 0 Å². The number of hydrogen-bond acceptors (Lipinski definition) is 4. The number of imidazole rings is 2. The molecule has 0 aliphatic carbocycles. The molecule has 10 heteroatoms. The van der Waals surface area contributed by atoms with Gasteiger partial charge in [-0.25, -0.2) is 23.5 Å². The molecule has 3 aromatic heterocycles. The summed E-state index contributed by atoms with van der Waals surface area (Å²) in [6.07, 6.45) is 3.75. The van der Waals surface area contributed by atoms with E-state index < -0.39 is 23.8 Å². The fourth-order valence-electron chi connectivity index (χ4n) is 4.40. The Balaban J connectivity index is 1.61. The highest BCUT2D eigenvalue weighted by molar-refractivity contribution is 5.69. The highest BCUT2D eigenvalue weighted by atomic mass is 19.1. The Kier molecular flexibility index (Phi) is 5.52. The normalized spacial score (nSPS) is 16.4. The van der Waals surface area contributed by atoms with E-state index in [0.717, 1.165) is 5.56 Å². The van der Waals surface area contributed by atoms with E-state index in [1.807, 2.05) is 19.1 Å². The number of rotatable bonds is 4. The molecule has 1 fully saturated rings. The van der Waals surface area contributed by atoms with Crippen molar-refractivity contribution < 1.29 is 23.4 Å². The van der Waals surface area contributed by atoms with E-state index in [2.05, 4.69) is 9.97 Å². The molecule has 176 valence electrons. The first-order chi connectivity index (χ1) is 16.3. The van der Waals surface area contributed by atoms with E-state index in [-0.39, 0.29) is 37.4 Å². The number of hydrogen-bond donors (Lipinski definition) is 1. The van der Waals surface area contributed by atoms with Crippen molar-refractivity contribution in [3.05, 3.63) is 71.6 Å². The number of fused-ring (bicyclic) bond motifs is 1. The van der Waals surface area contributed by atoms with Gasteiger partial charge in [0, 0.05) is 31.6 Å². The van der Waals surface area contributed by atoms with Gasteiger partial charge in [0.25, 0.3) is 0 Å². The van der Waals surface area contributed by atoms with Gasteiger partial charge in [0.15, 0.2) is 0 Å². The van der Waals surface area contributed by atoms with Crippen LogP contribution in [-0.2, 0) is 11.2 Å². The Labute approximate surface area is 194 Å². The lowest BCUT2D eigenvalue weighted by molar-refractivity contribution is -0.0214. The molecule has 0 saturated carbocycles. The number of benzene rings is 1. The molecule has 0 bridgehead atoms. The Morgan fingerprint density at radius 3 is 2.65 bits per heavy atom. The summed E-state index contributed by atoms with van der Waals surface area (Å²) in [4.78, 5) is 21.4. The zero-order chi connectivity index (χ0) is 24.0. The van der Waals surface area contributed by atoms with E-state index in [1.54, 1.807) is 34.5 Å². The fourth-order valence-corrected chi connectivity index (χ4v) is 4.40. The SMILES string of the molecule is Cc1ccn2c(C[C@H]3CN(C(=O)O)CCO3)c(-c3c(F)cc(-n4ccnc4C)cc3F)nc2c1. The molecule has 4 aromatic rings. The third-order valence-corrected chi connectivity index (χ3v) is 6.08. The van der Waals surface area contributed by atoms with Gasteiger partial charge < -0.3 is 23.7 Å².